The molecule has 4 heteroatoms. The van der Waals surface area contributed by atoms with Gasteiger partial charge in [0.2, 0.25) is 0 Å². The molecule has 2 aliphatic rings. The van der Waals surface area contributed by atoms with Crippen molar-refractivity contribution in [3.05, 3.63) is 30.3 Å². The van der Waals surface area contributed by atoms with Gasteiger partial charge in [-0.3, -0.25) is 0 Å². The molecule has 1 aromatic carbocycles. The van der Waals surface area contributed by atoms with E-state index in [-0.39, 0.29) is 6.09 Å². The van der Waals surface area contributed by atoms with Gasteiger partial charge in [0.05, 0.1) is 6.04 Å². The fourth-order valence-electron chi connectivity index (χ4n) is 3.13. The lowest BCUT2D eigenvalue weighted by molar-refractivity contribution is 0.139. The molecule has 2 heterocycles. The van der Waals surface area contributed by atoms with Crippen LogP contribution in [-0.4, -0.2) is 36.2 Å². The molecule has 1 aromatic rings. The molecule has 2 atom stereocenters. The molecule has 1 amide bonds. The molecule has 0 bridgehead atoms. The number of hydrogen-bond acceptors (Lipinski definition) is 3. The Balaban J connectivity index is 1.65. The van der Waals surface area contributed by atoms with Crippen LogP contribution in [0.2, 0.25) is 0 Å². The second-order valence-electron chi connectivity index (χ2n) is 5.29. The van der Waals surface area contributed by atoms with E-state index in [4.69, 9.17) is 4.74 Å². The topological polar surface area (TPSA) is 41.6 Å². The van der Waals surface area contributed by atoms with Crippen LogP contribution in [0.3, 0.4) is 0 Å². The third-order valence-corrected chi connectivity index (χ3v) is 4.05. The van der Waals surface area contributed by atoms with Gasteiger partial charge >= 0.3 is 6.09 Å². The predicted octanol–water partition coefficient (Wildman–Crippen LogP) is 2.40. The molecule has 2 aliphatic heterocycles. The van der Waals surface area contributed by atoms with Crippen molar-refractivity contribution >= 4 is 6.09 Å². The highest BCUT2D eigenvalue weighted by Gasteiger charge is 2.36. The van der Waals surface area contributed by atoms with Crippen molar-refractivity contribution in [2.75, 3.05) is 13.1 Å². The van der Waals surface area contributed by atoms with Gasteiger partial charge in [-0.2, -0.15) is 0 Å². The molecular formula is C15H20N2O2. The number of amides is 1. The van der Waals surface area contributed by atoms with E-state index in [1.807, 2.05) is 35.2 Å². The zero-order valence-corrected chi connectivity index (χ0v) is 11.0. The first-order valence-corrected chi connectivity index (χ1v) is 7.11. The van der Waals surface area contributed by atoms with Crippen LogP contribution in [0.5, 0.6) is 5.75 Å². The molecule has 2 fully saturated rings. The number of nitrogens with one attached hydrogen (secondary N) is 1. The van der Waals surface area contributed by atoms with Crippen molar-refractivity contribution < 1.29 is 9.53 Å². The van der Waals surface area contributed by atoms with Gasteiger partial charge in [-0.1, -0.05) is 18.2 Å². The van der Waals surface area contributed by atoms with Crippen LogP contribution in [0.4, 0.5) is 4.79 Å². The highest BCUT2D eigenvalue weighted by Crippen LogP contribution is 2.25. The van der Waals surface area contributed by atoms with E-state index in [9.17, 15) is 4.79 Å². The highest BCUT2D eigenvalue weighted by molar-refractivity contribution is 5.71. The summed E-state index contributed by atoms with van der Waals surface area (Å²) in [4.78, 5) is 14.2. The van der Waals surface area contributed by atoms with Crippen LogP contribution < -0.4 is 10.1 Å². The number of rotatable bonds is 2. The number of carbonyl (C=O) groups excluding carboxylic acids is 1. The predicted molar refractivity (Wildman–Crippen MR) is 73.2 cm³/mol. The van der Waals surface area contributed by atoms with Crippen LogP contribution in [0.1, 0.15) is 25.7 Å². The lowest BCUT2D eigenvalue weighted by Gasteiger charge is -2.28. The minimum Gasteiger partial charge on any atom is -0.410 e. The van der Waals surface area contributed by atoms with Gasteiger partial charge in [0.1, 0.15) is 5.75 Å². The highest BCUT2D eigenvalue weighted by atomic mass is 16.6. The van der Waals surface area contributed by atoms with Crippen molar-refractivity contribution in [2.24, 2.45) is 0 Å². The molecular weight excluding hydrogens is 240 g/mol. The van der Waals surface area contributed by atoms with Crippen molar-refractivity contribution in [1.29, 1.82) is 0 Å². The second kappa shape index (κ2) is 5.61. The normalized spacial score (nSPS) is 26.6. The van der Waals surface area contributed by atoms with Crippen molar-refractivity contribution in [3.63, 3.8) is 0 Å². The summed E-state index contributed by atoms with van der Waals surface area (Å²) in [5.41, 5.74) is 0. The van der Waals surface area contributed by atoms with Crippen molar-refractivity contribution in [3.8, 4) is 5.75 Å². The summed E-state index contributed by atoms with van der Waals surface area (Å²) >= 11 is 0. The summed E-state index contributed by atoms with van der Waals surface area (Å²) in [5.74, 6) is 0.623. The number of ether oxygens (including phenoxy) is 1. The minimum atomic E-state index is -0.206. The fraction of sp³-hybridized carbons (Fsp3) is 0.533. The smallest absolute Gasteiger partial charge is 0.410 e. The average molecular weight is 260 g/mol. The van der Waals surface area contributed by atoms with Gasteiger partial charge in [-0.15, -0.1) is 0 Å². The molecule has 0 aromatic heterocycles. The first kappa shape index (κ1) is 12.5. The fourth-order valence-corrected chi connectivity index (χ4v) is 3.13. The summed E-state index contributed by atoms with van der Waals surface area (Å²) in [5, 5.41) is 3.50. The number of likely N-dealkylation sites (tertiary alicyclic amines) is 1. The Morgan fingerprint density at radius 3 is 2.79 bits per heavy atom. The maximum absolute atomic E-state index is 12.3. The van der Waals surface area contributed by atoms with Gasteiger partial charge in [0.25, 0.3) is 0 Å². The number of para-hydroxylation sites is 1. The Kier molecular flexibility index (Phi) is 3.69. The lowest BCUT2D eigenvalue weighted by atomic mass is 10.0. The molecule has 0 radical (unpaired) electrons. The Labute approximate surface area is 113 Å². The summed E-state index contributed by atoms with van der Waals surface area (Å²) in [6.07, 6.45) is 4.33. The number of benzene rings is 1. The minimum absolute atomic E-state index is 0.206. The SMILES string of the molecule is O=C(Oc1ccccc1)N1CCCC1C1CCCN1. The Morgan fingerprint density at radius 2 is 2.05 bits per heavy atom. The van der Waals surface area contributed by atoms with E-state index in [0.29, 0.717) is 17.8 Å². The second-order valence-corrected chi connectivity index (χ2v) is 5.29. The maximum Gasteiger partial charge on any atom is 0.415 e. The Bertz CT molecular complexity index is 429. The number of nitrogens with zero attached hydrogens (tertiary/aromatic N) is 1. The third kappa shape index (κ3) is 2.73. The average Bonchev–Trinajstić information content (AvgIpc) is 3.10. The Hall–Kier alpha value is -1.55. The summed E-state index contributed by atoms with van der Waals surface area (Å²) in [6, 6.07) is 10.1. The lowest BCUT2D eigenvalue weighted by Crippen LogP contribution is -2.47. The largest absolute Gasteiger partial charge is 0.415 e. The van der Waals surface area contributed by atoms with Gasteiger partial charge in [-0.05, 0) is 44.4 Å². The van der Waals surface area contributed by atoms with E-state index >= 15 is 0 Å². The van der Waals surface area contributed by atoms with Gasteiger partial charge < -0.3 is 15.0 Å². The molecule has 2 saturated heterocycles. The maximum atomic E-state index is 12.3. The van der Waals surface area contributed by atoms with Crippen LogP contribution in [0.15, 0.2) is 30.3 Å². The van der Waals surface area contributed by atoms with Gasteiger partial charge in [0.15, 0.2) is 0 Å². The first-order valence-electron chi connectivity index (χ1n) is 7.11. The molecule has 1 N–H and O–H groups in total. The third-order valence-electron chi connectivity index (χ3n) is 4.05. The van der Waals surface area contributed by atoms with E-state index in [2.05, 4.69) is 5.32 Å². The van der Waals surface area contributed by atoms with Crippen LogP contribution in [-0.2, 0) is 0 Å². The first-order chi connectivity index (χ1) is 9.34. The molecule has 19 heavy (non-hydrogen) atoms. The van der Waals surface area contributed by atoms with Gasteiger partial charge in [0, 0.05) is 12.6 Å². The van der Waals surface area contributed by atoms with Crippen LogP contribution in [0, 0.1) is 0 Å². The van der Waals surface area contributed by atoms with Crippen molar-refractivity contribution in [1.82, 2.24) is 10.2 Å². The zero-order chi connectivity index (χ0) is 13.1. The van der Waals surface area contributed by atoms with E-state index in [1.165, 1.54) is 12.8 Å². The molecule has 3 rings (SSSR count). The van der Waals surface area contributed by atoms with Gasteiger partial charge in [-0.25, -0.2) is 4.79 Å². The molecule has 0 aliphatic carbocycles. The van der Waals surface area contributed by atoms with Crippen molar-refractivity contribution in [2.45, 2.75) is 37.8 Å². The molecule has 2 unspecified atom stereocenters. The zero-order valence-electron chi connectivity index (χ0n) is 11.0. The Morgan fingerprint density at radius 1 is 1.21 bits per heavy atom. The standard InChI is InChI=1S/C15H20N2O2/c18-15(19-12-6-2-1-3-7-12)17-11-5-9-14(17)13-8-4-10-16-13/h1-3,6-7,13-14,16H,4-5,8-11H2. The number of hydrogen-bond donors (Lipinski definition) is 1. The number of carbonyl (C=O) groups is 1. The van der Waals surface area contributed by atoms with Crippen LogP contribution >= 0.6 is 0 Å². The quantitative estimate of drug-likeness (QED) is 0.887. The molecule has 4 nitrogen and oxygen atoms in total. The van der Waals surface area contributed by atoms with E-state index in [0.717, 1.165) is 25.9 Å². The molecule has 102 valence electrons. The van der Waals surface area contributed by atoms with E-state index in [1.54, 1.807) is 0 Å². The van der Waals surface area contributed by atoms with Crippen LogP contribution in [0.25, 0.3) is 0 Å². The summed E-state index contributed by atoms with van der Waals surface area (Å²) in [7, 11) is 0. The monoisotopic (exact) mass is 260 g/mol. The van der Waals surface area contributed by atoms with E-state index < -0.39 is 0 Å². The summed E-state index contributed by atoms with van der Waals surface area (Å²) in [6.45, 7) is 1.89. The molecule has 0 spiro atoms. The molecule has 0 saturated carbocycles. The summed E-state index contributed by atoms with van der Waals surface area (Å²) < 4.78 is 5.45.